The lowest BCUT2D eigenvalue weighted by molar-refractivity contribution is 0.595. The molecule has 18 heavy (non-hydrogen) atoms. The standard InChI is InChI=1S/C13H16N2OS2/c1-10(9-18(2)16)15-12(8-14-13(15)17)11-6-4-3-5-7-11/h3-8,10H,9H2,1-2H3,(H,14,17). The maximum absolute atomic E-state index is 11.4. The van der Waals surface area contributed by atoms with Gasteiger partial charge in [0.2, 0.25) is 0 Å². The summed E-state index contributed by atoms with van der Waals surface area (Å²) in [7, 11) is -0.834. The Labute approximate surface area is 114 Å². The van der Waals surface area contributed by atoms with Crippen LogP contribution < -0.4 is 0 Å². The van der Waals surface area contributed by atoms with Crippen LogP contribution in [0.25, 0.3) is 11.3 Å². The molecule has 5 heteroatoms. The highest BCUT2D eigenvalue weighted by molar-refractivity contribution is 7.84. The molecule has 0 spiro atoms. The second-order valence-corrected chi connectivity index (χ2v) is 6.17. The van der Waals surface area contributed by atoms with E-state index in [0.717, 1.165) is 11.3 Å². The van der Waals surface area contributed by atoms with Gasteiger partial charge in [0.25, 0.3) is 0 Å². The van der Waals surface area contributed by atoms with Gasteiger partial charge >= 0.3 is 0 Å². The third-order valence-electron chi connectivity index (χ3n) is 2.80. The van der Waals surface area contributed by atoms with Gasteiger partial charge in [-0.25, -0.2) is 0 Å². The lowest BCUT2D eigenvalue weighted by atomic mass is 10.1. The highest BCUT2D eigenvalue weighted by atomic mass is 32.2. The Morgan fingerprint density at radius 1 is 1.39 bits per heavy atom. The second kappa shape index (κ2) is 5.63. The Kier molecular flexibility index (Phi) is 4.14. The van der Waals surface area contributed by atoms with E-state index in [4.69, 9.17) is 12.2 Å². The predicted octanol–water partition coefficient (Wildman–Crippen LogP) is 3.15. The van der Waals surface area contributed by atoms with Crippen molar-refractivity contribution in [3.63, 3.8) is 0 Å². The van der Waals surface area contributed by atoms with Crippen molar-refractivity contribution < 1.29 is 4.21 Å². The first-order chi connectivity index (χ1) is 8.59. The van der Waals surface area contributed by atoms with Crippen molar-refractivity contribution in [2.24, 2.45) is 0 Å². The molecule has 3 nitrogen and oxygen atoms in total. The number of rotatable bonds is 4. The van der Waals surface area contributed by atoms with Crippen molar-refractivity contribution in [2.75, 3.05) is 12.0 Å². The van der Waals surface area contributed by atoms with Gasteiger partial charge in [-0.2, -0.15) is 0 Å². The summed E-state index contributed by atoms with van der Waals surface area (Å²) in [4.78, 5) is 3.07. The second-order valence-electron chi connectivity index (χ2n) is 4.30. The van der Waals surface area contributed by atoms with Crippen molar-refractivity contribution in [1.29, 1.82) is 0 Å². The van der Waals surface area contributed by atoms with Crippen molar-refractivity contribution in [3.05, 3.63) is 41.3 Å². The smallest absolute Gasteiger partial charge is 0.177 e. The Bertz CT molecular complexity index is 601. The number of hydrogen-bond acceptors (Lipinski definition) is 2. The lowest BCUT2D eigenvalue weighted by Gasteiger charge is -2.15. The molecule has 1 heterocycles. The molecule has 0 bridgehead atoms. The van der Waals surface area contributed by atoms with Crippen LogP contribution in [0.3, 0.4) is 0 Å². The molecule has 0 fully saturated rings. The maximum Gasteiger partial charge on any atom is 0.177 e. The number of imidazole rings is 1. The summed E-state index contributed by atoms with van der Waals surface area (Å²) in [5, 5.41) is 0. The summed E-state index contributed by atoms with van der Waals surface area (Å²) >= 11 is 5.31. The van der Waals surface area contributed by atoms with Crippen LogP contribution in [-0.2, 0) is 10.8 Å². The van der Waals surface area contributed by atoms with Crippen LogP contribution in [0.15, 0.2) is 36.5 Å². The summed E-state index contributed by atoms with van der Waals surface area (Å²) in [6, 6.07) is 10.2. The first-order valence-electron chi connectivity index (χ1n) is 5.75. The van der Waals surface area contributed by atoms with Crippen LogP contribution in [-0.4, -0.2) is 25.8 Å². The summed E-state index contributed by atoms with van der Waals surface area (Å²) in [5.74, 6) is 0.603. The van der Waals surface area contributed by atoms with Gasteiger partial charge in [0.15, 0.2) is 4.77 Å². The summed E-state index contributed by atoms with van der Waals surface area (Å²) < 4.78 is 14.1. The maximum atomic E-state index is 11.4. The molecular formula is C13H16N2OS2. The summed E-state index contributed by atoms with van der Waals surface area (Å²) in [6.45, 7) is 2.04. The van der Waals surface area contributed by atoms with Gasteiger partial charge in [0.1, 0.15) is 0 Å². The minimum absolute atomic E-state index is 0.116. The molecule has 0 aliphatic carbocycles. The van der Waals surface area contributed by atoms with Crippen LogP contribution in [0.1, 0.15) is 13.0 Å². The van der Waals surface area contributed by atoms with Gasteiger partial charge in [-0.3, -0.25) is 4.21 Å². The molecule has 0 amide bonds. The largest absolute Gasteiger partial charge is 0.337 e. The Balaban J connectivity index is 2.45. The average molecular weight is 280 g/mol. The Morgan fingerprint density at radius 3 is 2.67 bits per heavy atom. The topological polar surface area (TPSA) is 37.8 Å². The first kappa shape index (κ1) is 13.2. The predicted molar refractivity (Wildman–Crippen MR) is 78.7 cm³/mol. The molecule has 1 aromatic heterocycles. The van der Waals surface area contributed by atoms with E-state index < -0.39 is 10.8 Å². The zero-order valence-corrected chi connectivity index (χ0v) is 12.1. The highest BCUT2D eigenvalue weighted by Crippen LogP contribution is 2.23. The van der Waals surface area contributed by atoms with E-state index in [9.17, 15) is 4.21 Å². The molecule has 1 aromatic carbocycles. The normalized spacial score (nSPS) is 14.3. The minimum Gasteiger partial charge on any atom is -0.337 e. The van der Waals surface area contributed by atoms with Gasteiger partial charge in [0.05, 0.1) is 5.69 Å². The molecule has 0 radical (unpaired) electrons. The molecule has 2 atom stereocenters. The van der Waals surface area contributed by atoms with Crippen molar-refractivity contribution in [1.82, 2.24) is 9.55 Å². The Hall–Kier alpha value is -1.20. The Morgan fingerprint density at radius 2 is 2.06 bits per heavy atom. The molecule has 96 valence electrons. The molecule has 0 saturated carbocycles. The zero-order valence-electron chi connectivity index (χ0n) is 10.4. The van der Waals surface area contributed by atoms with Gasteiger partial charge in [0, 0.05) is 35.0 Å². The summed E-state index contributed by atoms with van der Waals surface area (Å²) in [6.07, 6.45) is 3.63. The van der Waals surface area contributed by atoms with Gasteiger partial charge < -0.3 is 9.55 Å². The van der Waals surface area contributed by atoms with Crippen LogP contribution >= 0.6 is 12.2 Å². The van der Waals surface area contributed by atoms with E-state index in [-0.39, 0.29) is 6.04 Å². The fourth-order valence-corrected chi connectivity index (χ4v) is 3.23. The van der Waals surface area contributed by atoms with Crippen LogP contribution in [0.4, 0.5) is 0 Å². The SMILES string of the molecule is CC(CS(C)=O)n1c(-c2ccccc2)c[nH]c1=S. The van der Waals surface area contributed by atoms with E-state index >= 15 is 0 Å². The number of nitrogens with zero attached hydrogens (tertiary/aromatic N) is 1. The van der Waals surface area contributed by atoms with E-state index in [1.807, 2.05) is 48.0 Å². The molecule has 0 aliphatic heterocycles. The van der Waals surface area contributed by atoms with Gasteiger partial charge in [-0.05, 0) is 24.7 Å². The fourth-order valence-electron chi connectivity index (χ4n) is 2.06. The quantitative estimate of drug-likeness (QED) is 0.874. The van der Waals surface area contributed by atoms with E-state index in [0.29, 0.717) is 10.5 Å². The zero-order chi connectivity index (χ0) is 13.1. The third kappa shape index (κ3) is 2.79. The number of hydrogen-bond donors (Lipinski definition) is 1. The first-order valence-corrected chi connectivity index (χ1v) is 7.88. The molecule has 2 unspecified atom stereocenters. The lowest BCUT2D eigenvalue weighted by Crippen LogP contribution is -2.14. The highest BCUT2D eigenvalue weighted by Gasteiger charge is 2.13. The van der Waals surface area contributed by atoms with E-state index in [2.05, 4.69) is 4.98 Å². The van der Waals surface area contributed by atoms with Crippen LogP contribution in [0, 0.1) is 4.77 Å². The number of nitrogens with one attached hydrogen (secondary N) is 1. The monoisotopic (exact) mass is 280 g/mol. The number of H-pyrrole nitrogens is 1. The van der Waals surface area contributed by atoms with Crippen LogP contribution in [0.5, 0.6) is 0 Å². The average Bonchev–Trinajstić information content (AvgIpc) is 2.71. The fraction of sp³-hybridized carbons (Fsp3) is 0.308. The van der Waals surface area contributed by atoms with Crippen molar-refractivity contribution in [2.45, 2.75) is 13.0 Å². The van der Waals surface area contributed by atoms with E-state index in [1.54, 1.807) is 6.26 Å². The molecule has 1 N–H and O–H groups in total. The van der Waals surface area contributed by atoms with Crippen molar-refractivity contribution >= 4 is 23.0 Å². The molecular weight excluding hydrogens is 264 g/mol. The number of aromatic nitrogens is 2. The van der Waals surface area contributed by atoms with Gasteiger partial charge in [-0.1, -0.05) is 30.3 Å². The van der Waals surface area contributed by atoms with E-state index in [1.165, 1.54) is 0 Å². The number of benzene rings is 1. The molecule has 2 rings (SSSR count). The summed E-state index contributed by atoms with van der Waals surface area (Å²) in [5.41, 5.74) is 2.15. The molecule has 0 aliphatic rings. The molecule has 0 saturated heterocycles. The number of aromatic amines is 1. The van der Waals surface area contributed by atoms with Gasteiger partial charge in [-0.15, -0.1) is 0 Å². The molecule has 2 aromatic rings. The third-order valence-corrected chi connectivity index (χ3v) is 4.06. The minimum atomic E-state index is -0.834. The van der Waals surface area contributed by atoms with Crippen LogP contribution in [0.2, 0.25) is 0 Å². The van der Waals surface area contributed by atoms with Crippen molar-refractivity contribution in [3.8, 4) is 11.3 Å².